The van der Waals surface area contributed by atoms with Crippen molar-refractivity contribution >= 4 is 16.0 Å². The van der Waals surface area contributed by atoms with Crippen LogP contribution in [-0.2, 0) is 21.3 Å². The topological polar surface area (TPSA) is 79.8 Å². The average molecular weight is 375 g/mol. The number of nitrogens with zero attached hydrogens (tertiary/aromatic N) is 3. The standard InChI is InChI=1S/C18H21N3O4S/c1-25-18(22)15-5-4-7-17(13-15)26(23,24)21-11-9-20(10-12-21)14-16-6-2-3-8-19-16/h2-8,13H,9-12,14H2,1H3. The summed E-state index contributed by atoms with van der Waals surface area (Å²) in [4.78, 5) is 18.2. The molecule has 0 N–H and O–H groups in total. The Morgan fingerprint density at radius 1 is 1.12 bits per heavy atom. The van der Waals surface area contributed by atoms with Crippen molar-refractivity contribution in [2.24, 2.45) is 0 Å². The lowest BCUT2D eigenvalue weighted by Crippen LogP contribution is -2.48. The van der Waals surface area contributed by atoms with E-state index in [4.69, 9.17) is 0 Å². The van der Waals surface area contributed by atoms with Gasteiger partial charge in [-0.3, -0.25) is 9.88 Å². The number of methoxy groups -OCH3 is 1. The summed E-state index contributed by atoms with van der Waals surface area (Å²) in [6.07, 6.45) is 1.75. The van der Waals surface area contributed by atoms with E-state index in [0.717, 1.165) is 5.69 Å². The summed E-state index contributed by atoms with van der Waals surface area (Å²) in [5, 5.41) is 0. The van der Waals surface area contributed by atoms with Gasteiger partial charge >= 0.3 is 5.97 Å². The highest BCUT2D eigenvalue weighted by atomic mass is 32.2. The van der Waals surface area contributed by atoms with E-state index in [9.17, 15) is 13.2 Å². The molecule has 3 rings (SSSR count). The van der Waals surface area contributed by atoms with Gasteiger partial charge in [0.1, 0.15) is 0 Å². The lowest BCUT2D eigenvalue weighted by Gasteiger charge is -2.33. The molecule has 0 bridgehead atoms. The first-order valence-corrected chi connectivity index (χ1v) is 9.75. The van der Waals surface area contributed by atoms with E-state index in [-0.39, 0.29) is 10.5 Å². The number of carbonyl (C=O) groups is 1. The lowest BCUT2D eigenvalue weighted by molar-refractivity contribution is 0.0600. The quantitative estimate of drug-likeness (QED) is 0.735. The van der Waals surface area contributed by atoms with Crippen LogP contribution in [0.15, 0.2) is 53.6 Å². The van der Waals surface area contributed by atoms with Gasteiger partial charge in [-0.05, 0) is 30.3 Å². The molecular weight excluding hydrogens is 354 g/mol. The fraction of sp³-hybridized carbons (Fsp3) is 0.333. The number of benzene rings is 1. The second-order valence-corrected chi connectivity index (χ2v) is 7.96. The zero-order valence-electron chi connectivity index (χ0n) is 14.5. The Labute approximate surface area is 153 Å². The minimum absolute atomic E-state index is 0.110. The third-order valence-electron chi connectivity index (χ3n) is 4.34. The van der Waals surface area contributed by atoms with Crippen LogP contribution in [0.4, 0.5) is 0 Å². The first-order chi connectivity index (χ1) is 12.5. The predicted molar refractivity (Wildman–Crippen MR) is 96.1 cm³/mol. The molecule has 0 atom stereocenters. The van der Waals surface area contributed by atoms with E-state index < -0.39 is 16.0 Å². The zero-order valence-corrected chi connectivity index (χ0v) is 15.4. The molecule has 26 heavy (non-hydrogen) atoms. The van der Waals surface area contributed by atoms with Crippen LogP contribution in [0, 0.1) is 0 Å². The van der Waals surface area contributed by atoms with E-state index in [1.165, 1.54) is 29.6 Å². The maximum atomic E-state index is 12.9. The molecule has 1 saturated heterocycles. The number of ether oxygens (including phenoxy) is 1. The number of hydrogen-bond donors (Lipinski definition) is 0. The van der Waals surface area contributed by atoms with Crippen LogP contribution in [0.1, 0.15) is 16.1 Å². The van der Waals surface area contributed by atoms with Crippen molar-refractivity contribution in [2.45, 2.75) is 11.4 Å². The number of hydrogen-bond acceptors (Lipinski definition) is 6. The smallest absolute Gasteiger partial charge is 0.337 e. The highest BCUT2D eigenvalue weighted by molar-refractivity contribution is 7.89. The van der Waals surface area contributed by atoms with Gasteiger partial charge in [-0.1, -0.05) is 12.1 Å². The zero-order chi connectivity index (χ0) is 18.6. The molecule has 0 radical (unpaired) electrons. The van der Waals surface area contributed by atoms with Gasteiger partial charge in [0.15, 0.2) is 0 Å². The van der Waals surface area contributed by atoms with Crippen molar-refractivity contribution in [1.29, 1.82) is 0 Å². The SMILES string of the molecule is COC(=O)c1cccc(S(=O)(=O)N2CCN(Cc3ccccn3)CC2)c1. The molecule has 0 aliphatic carbocycles. The summed E-state index contributed by atoms with van der Waals surface area (Å²) in [7, 11) is -2.37. The highest BCUT2D eigenvalue weighted by Crippen LogP contribution is 2.19. The molecular formula is C18H21N3O4S. The maximum absolute atomic E-state index is 12.9. The lowest BCUT2D eigenvalue weighted by atomic mass is 10.2. The minimum atomic E-state index is -3.64. The number of sulfonamides is 1. The first-order valence-electron chi connectivity index (χ1n) is 8.31. The van der Waals surface area contributed by atoms with Gasteiger partial charge in [-0.25, -0.2) is 13.2 Å². The summed E-state index contributed by atoms with van der Waals surface area (Å²) < 4.78 is 31.8. The summed E-state index contributed by atoms with van der Waals surface area (Å²) in [6, 6.07) is 11.7. The van der Waals surface area contributed by atoms with Gasteiger partial charge in [0, 0.05) is 38.9 Å². The summed E-state index contributed by atoms with van der Waals surface area (Å²) >= 11 is 0. The van der Waals surface area contributed by atoms with Crippen molar-refractivity contribution in [2.75, 3.05) is 33.3 Å². The number of rotatable bonds is 5. The van der Waals surface area contributed by atoms with Gasteiger partial charge in [-0.2, -0.15) is 4.31 Å². The third-order valence-corrected chi connectivity index (χ3v) is 6.23. The van der Waals surface area contributed by atoms with Gasteiger partial charge in [0.25, 0.3) is 0 Å². The molecule has 0 saturated carbocycles. The molecule has 138 valence electrons. The molecule has 1 aliphatic heterocycles. The largest absolute Gasteiger partial charge is 0.465 e. The average Bonchev–Trinajstić information content (AvgIpc) is 2.68. The minimum Gasteiger partial charge on any atom is -0.465 e. The molecule has 2 aromatic rings. The molecule has 1 fully saturated rings. The van der Waals surface area contributed by atoms with Crippen LogP contribution < -0.4 is 0 Å². The van der Waals surface area contributed by atoms with Crippen molar-refractivity contribution < 1.29 is 17.9 Å². The number of pyridine rings is 1. The van der Waals surface area contributed by atoms with E-state index in [2.05, 4.69) is 14.6 Å². The predicted octanol–water partition coefficient (Wildman–Crippen LogP) is 1.37. The van der Waals surface area contributed by atoms with E-state index >= 15 is 0 Å². The fourth-order valence-corrected chi connectivity index (χ4v) is 4.37. The van der Waals surface area contributed by atoms with Gasteiger partial charge < -0.3 is 4.74 Å². The van der Waals surface area contributed by atoms with Gasteiger partial charge in [0.05, 0.1) is 23.3 Å². The molecule has 0 amide bonds. The normalized spacial score (nSPS) is 16.3. The second-order valence-electron chi connectivity index (χ2n) is 6.02. The van der Waals surface area contributed by atoms with Gasteiger partial charge in [-0.15, -0.1) is 0 Å². The van der Waals surface area contributed by atoms with Crippen LogP contribution in [0.3, 0.4) is 0 Å². The van der Waals surface area contributed by atoms with E-state index in [1.54, 1.807) is 12.3 Å². The molecule has 0 spiro atoms. The molecule has 2 heterocycles. The fourth-order valence-electron chi connectivity index (χ4n) is 2.90. The van der Waals surface area contributed by atoms with Crippen molar-refractivity contribution in [3.05, 3.63) is 59.9 Å². The molecule has 8 heteroatoms. The molecule has 1 aromatic heterocycles. The Balaban J connectivity index is 1.67. The third kappa shape index (κ3) is 4.09. The molecule has 0 unspecified atom stereocenters. The number of esters is 1. The van der Waals surface area contributed by atoms with Crippen LogP contribution in [0.2, 0.25) is 0 Å². The van der Waals surface area contributed by atoms with Gasteiger partial charge in [0.2, 0.25) is 10.0 Å². The van der Waals surface area contributed by atoms with Crippen molar-refractivity contribution in [1.82, 2.24) is 14.2 Å². The highest BCUT2D eigenvalue weighted by Gasteiger charge is 2.29. The Hall–Kier alpha value is -2.29. The monoisotopic (exact) mass is 375 g/mol. The van der Waals surface area contributed by atoms with Crippen molar-refractivity contribution in [3.8, 4) is 0 Å². The Morgan fingerprint density at radius 3 is 2.54 bits per heavy atom. The van der Waals surface area contributed by atoms with Crippen LogP contribution in [0.5, 0.6) is 0 Å². The first kappa shape index (κ1) is 18.5. The van der Waals surface area contributed by atoms with E-state index in [1.807, 2.05) is 18.2 Å². The number of piperazine rings is 1. The van der Waals surface area contributed by atoms with Crippen LogP contribution in [-0.4, -0.2) is 61.9 Å². The Kier molecular flexibility index (Phi) is 5.65. The molecule has 7 nitrogen and oxygen atoms in total. The number of carbonyl (C=O) groups excluding carboxylic acids is 1. The number of aromatic nitrogens is 1. The van der Waals surface area contributed by atoms with Crippen molar-refractivity contribution in [3.63, 3.8) is 0 Å². The Morgan fingerprint density at radius 2 is 1.88 bits per heavy atom. The molecule has 1 aliphatic rings. The summed E-state index contributed by atoms with van der Waals surface area (Å²) in [6.45, 7) is 2.76. The van der Waals surface area contributed by atoms with Crippen LogP contribution in [0.25, 0.3) is 0 Å². The Bertz CT molecular complexity index is 863. The summed E-state index contributed by atoms with van der Waals surface area (Å²) in [5.41, 5.74) is 1.19. The van der Waals surface area contributed by atoms with E-state index in [0.29, 0.717) is 32.7 Å². The maximum Gasteiger partial charge on any atom is 0.337 e. The second kappa shape index (κ2) is 7.94. The van der Waals surface area contributed by atoms with Crippen LogP contribution >= 0.6 is 0 Å². The summed E-state index contributed by atoms with van der Waals surface area (Å²) in [5.74, 6) is -0.553. The molecule has 1 aromatic carbocycles.